The lowest BCUT2D eigenvalue weighted by Gasteiger charge is -2.20. The van der Waals surface area contributed by atoms with Crippen molar-refractivity contribution in [3.8, 4) is 0 Å². The zero-order valence-electron chi connectivity index (χ0n) is 8.76. The average Bonchev–Trinajstić information content (AvgIpc) is 2.47. The highest BCUT2D eigenvalue weighted by molar-refractivity contribution is 5.76. The molecule has 1 aliphatic rings. The zero-order chi connectivity index (χ0) is 10.3. The van der Waals surface area contributed by atoms with Crippen LogP contribution in [0.3, 0.4) is 0 Å². The summed E-state index contributed by atoms with van der Waals surface area (Å²) in [5.74, 6) is -0.109. The van der Waals surface area contributed by atoms with E-state index in [0.29, 0.717) is 0 Å². The molecule has 0 saturated carbocycles. The van der Waals surface area contributed by atoms with Gasteiger partial charge in [-0.3, -0.25) is 4.99 Å². The third-order valence-corrected chi connectivity index (χ3v) is 2.52. The summed E-state index contributed by atoms with van der Waals surface area (Å²) in [6.07, 6.45) is 2.59. The van der Waals surface area contributed by atoms with Crippen molar-refractivity contribution in [2.24, 2.45) is 4.99 Å². The van der Waals surface area contributed by atoms with Gasteiger partial charge in [0.2, 0.25) is 0 Å². The second-order valence-electron chi connectivity index (χ2n) is 4.73. The molecule has 2 heteroatoms. The van der Waals surface area contributed by atoms with Gasteiger partial charge in [-0.2, -0.15) is 0 Å². The fourth-order valence-electron chi connectivity index (χ4n) is 1.70. The molecule has 0 aliphatic carbocycles. The van der Waals surface area contributed by atoms with Crippen molar-refractivity contribution in [1.82, 2.24) is 0 Å². The van der Waals surface area contributed by atoms with Gasteiger partial charge in [0.25, 0.3) is 0 Å². The van der Waals surface area contributed by atoms with E-state index >= 15 is 0 Å². The highest BCUT2D eigenvalue weighted by Crippen LogP contribution is 2.33. The van der Waals surface area contributed by atoms with Crippen LogP contribution in [0.4, 0.5) is 10.1 Å². The van der Waals surface area contributed by atoms with Crippen molar-refractivity contribution in [2.45, 2.75) is 32.6 Å². The second kappa shape index (κ2) is 2.91. The first kappa shape index (κ1) is 9.38. The molecule has 1 aromatic rings. The maximum absolute atomic E-state index is 13.7. The highest BCUT2D eigenvalue weighted by Gasteiger charge is 2.21. The average molecular weight is 191 g/mol. The number of hydrogen-bond donors (Lipinski definition) is 0. The molecule has 0 saturated heterocycles. The Morgan fingerprint density at radius 2 is 2.00 bits per heavy atom. The van der Waals surface area contributed by atoms with Gasteiger partial charge in [0, 0.05) is 12.6 Å². The van der Waals surface area contributed by atoms with Crippen LogP contribution in [0.2, 0.25) is 0 Å². The van der Waals surface area contributed by atoms with Crippen LogP contribution in [0, 0.1) is 5.82 Å². The van der Waals surface area contributed by atoms with Crippen LogP contribution in [-0.4, -0.2) is 6.21 Å². The molecule has 0 amide bonds. The Hall–Kier alpha value is -1.18. The Morgan fingerprint density at radius 3 is 2.64 bits per heavy atom. The molecule has 0 N–H and O–H groups in total. The summed E-state index contributed by atoms with van der Waals surface area (Å²) < 4.78 is 13.7. The van der Waals surface area contributed by atoms with Gasteiger partial charge in [0.15, 0.2) is 0 Å². The van der Waals surface area contributed by atoms with E-state index in [1.54, 1.807) is 6.07 Å². The number of benzene rings is 1. The molecular formula is C12H14FN. The van der Waals surface area contributed by atoms with Crippen molar-refractivity contribution >= 4 is 11.9 Å². The van der Waals surface area contributed by atoms with E-state index in [1.807, 2.05) is 33.1 Å². The van der Waals surface area contributed by atoms with Gasteiger partial charge < -0.3 is 0 Å². The lowest BCUT2D eigenvalue weighted by Crippen LogP contribution is -2.13. The van der Waals surface area contributed by atoms with Gasteiger partial charge in [0.1, 0.15) is 5.82 Å². The van der Waals surface area contributed by atoms with E-state index in [4.69, 9.17) is 0 Å². The Bertz CT molecular complexity index is 400. The molecule has 0 radical (unpaired) electrons. The van der Waals surface area contributed by atoms with Crippen LogP contribution in [0.25, 0.3) is 0 Å². The van der Waals surface area contributed by atoms with Gasteiger partial charge in [-0.25, -0.2) is 4.39 Å². The Labute approximate surface area is 83.7 Å². The van der Waals surface area contributed by atoms with Gasteiger partial charge in [-0.15, -0.1) is 0 Å². The predicted molar refractivity (Wildman–Crippen MR) is 57.0 cm³/mol. The number of hydrogen-bond acceptors (Lipinski definition) is 1. The lowest BCUT2D eigenvalue weighted by atomic mass is 9.85. The second-order valence-corrected chi connectivity index (χ2v) is 4.73. The lowest BCUT2D eigenvalue weighted by molar-refractivity contribution is 0.522. The molecule has 0 spiro atoms. The summed E-state index contributed by atoms with van der Waals surface area (Å²) in [6, 6.07) is 3.48. The molecule has 0 fully saturated rings. The smallest absolute Gasteiger partial charge is 0.127 e. The Balaban J connectivity index is 2.57. The maximum Gasteiger partial charge on any atom is 0.127 e. The summed E-state index contributed by atoms with van der Waals surface area (Å²) in [4.78, 5) is 4.22. The van der Waals surface area contributed by atoms with E-state index in [2.05, 4.69) is 4.99 Å². The van der Waals surface area contributed by atoms with Crippen molar-refractivity contribution in [2.75, 3.05) is 0 Å². The van der Waals surface area contributed by atoms with Gasteiger partial charge in [-0.1, -0.05) is 20.8 Å². The molecule has 1 aliphatic heterocycles. The predicted octanol–water partition coefficient (Wildman–Crippen LogP) is 3.38. The first-order valence-electron chi connectivity index (χ1n) is 4.84. The van der Waals surface area contributed by atoms with E-state index in [9.17, 15) is 4.39 Å². The molecule has 1 aromatic carbocycles. The molecular weight excluding hydrogens is 177 g/mol. The first-order chi connectivity index (χ1) is 6.48. The molecule has 74 valence electrons. The number of aliphatic imine (C=N–C) groups is 1. The normalized spacial score (nSPS) is 14.6. The quantitative estimate of drug-likeness (QED) is 0.596. The van der Waals surface area contributed by atoms with E-state index in [0.717, 1.165) is 23.2 Å². The van der Waals surface area contributed by atoms with E-state index < -0.39 is 0 Å². The molecule has 0 aromatic heterocycles. The molecule has 0 bridgehead atoms. The molecule has 1 nitrogen and oxygen atoms in total. The van der Waals surface area contributed by atoms with Gasteiger partial charge in [-0.05, 0) is 28.7 Å². The standard InChI is InChI=1S/C12H14FN/c1-12(2,3)9-7-11-8(4-5-14-11)6-10(9)13/h5-7H,4H2,1-3H3. The van der Waals surface area contributed by atoms with Crippen LogP contribution in [-0.2, 0) is 11.8 Å². The van der Waals surface area contributed by atoms with Crippen LogP contribution in [0.5, 0.6) is 0 Å². The van der Waals surface area contributed by atoms with Crippen LogP contribution < -0.4 is 0 Å². The first-order valence-corrected chi connectivity index (χ1v) is 4.84. The topological polar surface area (TPSA) is 12.4 Å². The van der Waals surface area contributed by atoms with E-state index in [1.165, 1.54) is 0 Å². The number of nitrogens with zero attached hydrogens (tertiary/aromatic N) is 1. The Kier molecular flexibility index (Phi) is 1.95. The fraction of sp³-hybridized carbons (Fsp3) is 0.417. The third kappa shape index (κ3) is 1.45. The number of halogens is 1. The zero-order valence-corrected chi connectivity index (χ0v) is 8.76. The molecule has 0 unspecified atom stereocenters. The van der Waals surface area contributed by atoms with Gasteiger partial charge in [0.05, 0.1) is 5.69 Å². The summed E-state index contributed by atoms with van der Waals surface area (Å²) in [6.45, 7) is 6.03. The minimum Gasteiger partial charge on any atom is -0.261 e. The Morgan fingerprint density at radius 1 is 1.29 bits per heavy atom. The summed E-state index contributed by atoms with van der Waals surface area (Å²) in [7, 11) is 0. The van der Waals surface area contributed by atoms with E-state index in [-0.39, 0.29) is 11.2 Å². The van der Waals surface area contributed by atoms with Crippen molar-refractivity contribution in [3.63, 3.8) is 0 Å². The number of rotatable bonds is 0. The number of fused-ring (bicyclic) bond motifs is 1. The van der Waals surface area contributed by atoms with Crippen LogP contribution in [0.1, 0.15) is 31.9 Å². The van der Waals surface area contributed by atoms with Crippen molar-refractivity contribution in [1.29, 1.82) is 0 Å². The SMILES string of the molecule is CC(C)(C)c1cc2c(cc1F)CC=N2. The molecule has 0 atom stereocenters. The molecule has 1 heterocycles. The highest BCUT2D eigenvalue weighted by atomic mass is 19.1. The summed E-state index contributed by atoms with van der Waals surface area (Å²) in [5, 5.41) is 0. The minimum absolute atomic E-state index is 0.109. The summed E-state index contributed by atoms with van der Waals surface area (Å²) in [5.41, 5.74) is 2.51. The largest absolute Gasteiger partial charge is 0.261 e. The van der Waals surface area contributed by atoms with Gasteiger partial charge >= 0.3 is 0 Å². The van der Waals surface area contributed by atoms with Crippen LogP contribution in [0.15, 0.2) is 17.1 Å². The molecule has 2 rings (SSSR count). The fourth-order valence-corrected chi connectivity index (χ4v) is 1.70. The maximum atomic E-state index is 13.7. The minimum atomic E-state index is -0.156. The third-order valence-electron chi connectivity index (χ3n) is 2.52. The monoisotopic (exact) mass is 191 g/mol. The van der Waals surface area contributed by atoms with Crippen molar-refractivity contribution in [3.05, 3.63) is 29.1 Å². The van der Waals surface area contributed by atoms with Crippen LogP contribution >= 0.6 is 0 Å². The molecule has 14 heavy (non-hydrogen) atoms. The van der Waals surface area contributed by atoms with Crippen molar-refractivity contribution < 1.29 is 4.39 Å². The summed E-state index contributed by atoms with van der Waals surface area (Å²) >= 11 is 0.